The molecule has 1 rings (SSSR count). The minimum Gasteiger partial charge on any atom is -0.496 e. The van der Waals surface area contributed by atoms with Crippen molar-refractivity contribution >= 4 is 12.4 Å². The molecule has 80 valence electrons. The molecule has 0 aliphatic heterocycles. The zero-order valence-corrected chi connectivity index (χ0v) is 9.05. The van der Waals surface area contributed by atoms with E-state index in [1.165, 1.54) is 0 Å². The van der Waals surface area contributed by atoms with Gasteiger partial charge in [0.25, 0.3) is 0 Å². The van der Waals surface area contributed by atoms with Crippen molar-refractivity contribution < 1.29 is 9.47 Å². The Hall–Kier alpha value is -0.770. The van der Waals surface area contributed by atoms with Crippen molar-refractivity contribution in [1.82, 2.24) is 0 Å². The Morgan fingerprint density at radius 2 is 2.00 bits per heavy atom. The van der Waals surface area contributed by atoms with Crippen molar-refractivity contribution in [3.63, 3.8) is 0 Å². The third-order valence-electron chi connectivity index (χ3n) is 1.71. The van der Waals surface area contributed by atoms with E-state index >= 15 is 0 Å². The first-order valence-electron chi connectivity index (χ1n) is 4.28. The van der Waals surface area contributed by atoms with Crippen LogP contribution in [0.4, 0.5) is 0 Å². The molecular weight excluding hydrogens is 202 g/mol. The van der Waals surface area contributed by atoms with Crippen LogP contribution in [0.3, 0.4) is 0 Å². The van der Waals surface area contributed by atoms with Crippen LogP contribution in [0.5, 0.6) is 5.75 Å². The Morgan fingerprint density at radius 3 is 2.64 bits per heavy atom. The number of halogens is 1. The second-order valence-electron chi connectivity index (χ2n) is 2.65. The summed E-state index contributed by atoms with van der Waals surface area (Å²) in [5, 5.41) is 0. The quantitative estimate of drug-likeness (QED) is 0.762. The maximum absolute atomic E-state index is 5.31. The third-order valence-corrected chi connectivity index (χ3v) is 1.71. The largest absolute Gasteiger partial charge is 0.496 e. The minimum absolute atomic E-state index is 0. The number of methoxy groups -OCH3 is 1. The monoisotopic (exact) mass is 217 g/mol. The Kier molecular flexibility index (Phi) is 7.20. The molecule has 0 radical (unpaired) electrons. The van der Waals surface area contributed by atoms with E-state index in [1.807, 2.05) is 24.3 Å². The first-order chi connectivity index (χ1) is 6.38. The van der Waals surface area contributed by atoms with E-state index in [2.05, 4.69) is 0 Å². The van der Waals surface area contributed by atoms with Crippen LogP contribution in [0.15, 0.2) is 24.3 Å². The number of benzene rings is 1. The summed E-state index contributed by atoms with van der Waals surface area (Å²) in [6.45, 7) is 1.69. The first-order valence-corrected chi connectivity index (χ1v) is 4.28. The van der Waals surface area contributed by atoms with Crippen LogP contribution in [0, 0.1) is 0 Å². The molecule has 0 atom stereocenters. The topological polar surface area (TPSA) is 44.5 Å². The van der Waals surface area contributed by atoms with Crippen molar-refractivity contribution in [1.29, 1.82) is 0 Å². The highest BCUT2D eigenvalue weighted by molar-refractivity contribution is 5.85. The van der Waals surface area contributed by atoms with Crippen LogP contribution >= 0.6 is 12.4 Å². The predicted octanol–water partition coefficient (Wildman–Crippen LogP) is 1.59. The van der Waals surface area contributed by atoms with Crippen LogP contribution < -0.4 is 10.5 Å². The van der Waals surface area contributed by atoms with Gasteiger partial charge in [-0.05, 0) is 6.07 Å². The fourth-order valence-corrected chi connectivity index (χ4v) is 1.09. The number of nitrogens with two attached hydrogens (primary N) is 1. The Bertz CT molecular complexity index is 256. The van der Waals surface area contributed by atoms with Gasteiger partial charge in [-0.3, -0.25) is 0 Å². The zero-order valence-electron chi connectivity index (χ0n) is 8.23. The molecule has 4 heteroatoms. The standard InChI is InChI=1S/C10H15NO2.ClH/c1-12-10-5-3-2-4-9(10)8-13-7-6-11;/h2-5H,6-8,11H2,1H3;1H. The molecule has 1 aromatic carbocycles. The molecule has 1 aromatic rings. The number of hydrogen-bond acceptors (Lipinski definition) is 3. The summed E-state index contributed by atoms with van der Waals surface area (Å²) in [7, 11) is 1.65. The lowest BCUT2D eigenvalue weighted by molar-refractivity contribution is 0.126. The smallest absolute Gasteiger partial charge is 0.124 e. The predicted molar refractivity (Wildman–Crippen MR) is 59.0 cm³/mol. The van der Waals surface area contributed by atoms with Crippen molar-refractivity contribution in [2.75, 3.05) is 20.3 Å². The maximum atomic E-state index is 5.31. The second kappa shape index (κ2) is 7.62. The third kappa shape index (κ3) is 3.96. The fraction of sp³-hybridized carbons (Fsp3) is 0.400. The summed E-state index contributed by atoms with van der Waals surface area (Å²) in [6, 6.07) is 7.80. The SMILES string of the molecule is COc1ccccc1COCCN.Cl. The highest BCUT2D eigenvalue weighted by atomic mass is 35.5. The minimum atomic E-state index is 0. The summed E-state index contributed by atoms with van der Waals surface area (Å²) in [5.41, 5.74) is 6.36. The summed E-state index contributed by atoms with van der Waals surface area (Å²) >= 11 is 0. The molecule has 0 unspecified atom stereocenters. The molecule has 2 N–H and O–H groups in total. The van der Waals surface area contributed by atoms with Gasteiger partial charge in [0.2, 0.25) is 0 Å². The summed E-state index contributed by atoms with van der Waals surface area (Å²) in [6.07, 6.45) is 0. The average Bonchev–Trinajstić information content (AvgIpc) is 2.19. The Labute approximate surface area is 90.6 Å². The van der Waals surface area contributed by atoms with E-state index in [4.69, 9.17) is 15.2 Å². The normalized spacial score (nSPS) is 9.29. The van der Waals surface area contributed by atoms with Gasteiger partial charge in [-0.2, -0.15) is 0 Å². The van der Waals surface area contributed by atoms with E-state index in [0.29, 0.717) is 19.8 Å². The molecule has 0 spiro atoms. The van der Waals surface area contributed by atoms with Crippen LogP contribution in [-0.2, 0) is 11.3 Å². The molecule has 0 saturated carbocycles. The maximum Gasteiger partial charge on any atom is 0.124 e. The van der Waals surface area contributed by atoms with E-state index < -0.39 is 0 Å². The van der Waals surface area contributed by atoms with E-state index in [-0.39, 0.29) is 12.4 Å². The zero-order chi connectivity index (χ0) is 9.52. The van der Waals surface area contributed by atoms with Gasteiger partial charge in [-0.25, -0.2) is 0 Å². The molecule has 0 amide bonds. The van der Waals surface area contributed by atoms with Gasteiger partial charge in [0.1, 0.15) is 5.75 Å². The molecule has 0 fully saturated rings. The lowest BCUT2D eigenvalue weighted by Crippen LogP contribution is -2.08. The van der Waals surface area contributed by atoms with Crippen LogP contribution in [-0.4, -0.2) is 20.3 Å². The molecule has 0 saturated heterocycles. The fourth-order valence-electron chi connectivity index (χ4n) is 1.09. The van der Waals surface area contributed by atoms with Crippen LogP contribution in [0.25, 0.3) is 0 Å². The number of rotatable bonds is 5. The van der Waals surface area contributed by atoms with Crippen molar-refractivity contribution in [3.8, 4) is 5.75 Å². The second-order valence-corrected chi connectivity index (χ2v) is 2.65. The highest BCUT2D eigenvalue weighted by Gasteiger charge is 1.99. The van der Waals surface area contributed by atoms with Crippen molar-refractivity contribution in [3.05, 3.63) is 29.8 Å². The lowest BCUT2D eigenvalue weighted by atomic mass is 10.2. The lowest BCUT2D eigenvalue weighted by Gasteiger charge is -2.07. The molecule has 3 nitrogen and oxygen atoms in total. The van der Waals surface area contributed by atoms with Crippen molar-refractivity contribution in [2.24, 2.45) is 5.73 Å². The molecule has 0 aliphatic carbocycles. The van der Waals surface area contributed by atoms with Gasteiger partial charge in [0, 0.05) is 12.1 Å². The summed E-state index contributed by atoms with van der Waals surface area (Å²) in [5.74, 6) is 0.861. The molecule has 14 heavy (non-hydrogen) atoms. The number of hydrogen-bond donors (Lipinski definition) is 1. The molecular formula is C10H16ClNO2. The van der Waals surface area contributed by atoms with Gasteiger partial charge in [-0.1, -0.05) is 18.2 Å². The van der Waals surface area contributed by atoms with Crippen LogP contribution in [0.1, 0.15) is 5.56 Å². The van der Waals surface area contributed by atoms with Crippen molar-refractivity contribution in [2.45, 2.75) is 6.61 Å². The number of para-hydroxylation sites is 1. The van der Waals surface area contributed by atoms with Gasteiger partial charge in [-0.15, -0.1) is 12.4 Å². The molecule has 0 bridgehead atoms. The van der Waals surface area contributed by atoms with E-state index in [1.54, 1.807) is 7.11 Å². The molecule has 0 aromatic heterocycles. The van der Waals surface area contributed by atoms with Gasteiger partial charge >= 0.3 is 0 Å². The highest BCUT2D eigenvalue weighted by Crippen LogP contribution is 2.17. The summed E-state index contributed by atoms with van der Waals surface area (Å²) < 4.78 is 10.5. The number of ether oxygens (including phenoxy) is 2. The average molecular weight is 218 g/mol. The summed E-state index contributed by atoms with van der Waals surface area (Å²) in [4.78, 5) is 0. The molecule has 0 heterocycles. The van der Waals surface area contributed by atoms with E-state index in [9.17, 15) is 0 Å². The van der Waals surface area contributed by atoms with Gasteiger partial charge < -0.3 is 15.2 Å². The first kappa shape index (κ1) is 13.2. The van der Waals surface area contributed by atoms with Gasteiger partial charge in [0.05, 0.1) is 20.3 Å². The van der Waals surface area contributed by atoms with E-state index in [0.717, 1.165) is 11.3 Å². The molecule has 0 aliphatic rings. The Morgan fingerprint density at radius 1 is 1.29 bits per heavy atom. The Balaban J connectivity index is 0.00000169. The van der Waals surface area contributed by atoms with Gasteiger partial charge in [0.15, 0.2) is 0 Å². The van der Waals surface area contributed by atoms with Crippen LogP contribution in [0.2, 0.25) is 0 Å².